The molecule has 7 nitrogen and oxygen atoms in total. The van der Waals surface area contributed by atoms with Gasteiger partial charge in [-0.2, -0.15) is 10.1 Å². The highest BCUT2D eigenvalue weighted by molar-refractivity contribution is 9.10. The fraction of sp³-hybridized carbons (Fsp3) is 0.233. The maximum atomic E-state index is 13.3. The van der Waals surface area contributed by atoms with E-state index in [2.05, 4.69) is 33.3 Å². The van der Waals surface area contributed by atoms with E-state index in [4.69, 9.17) is 9.47 Å². The topological polar surface area (TPSA) is 80.2 Å². The molecule has 196 valence electrons. The first-order valence-electron chi connectivity index (χ1n) is 12.5. The Morgan fingerprint density at radius 2 is 1.79 bits per heavy atom. The monoisotopic (exact) mass is 575 g/mol. The first-order valence-corrected chi connectivity index (χ1v) is 13.3. The second kappa shape index (κ2) is 12.6. The lowest BCUT2D eigenvalue weighted by Crippen LogP contribution is -2.21. The average molecular weight is 576 g/mol. The Bertz CT molecular complexity index is 1390. The quantitative estimate of drug-likeness (QED) is 0.271. The Balaban J connectivity index is 1.57. The first kappa shape index (κ1) is 27.1. The smallest absolute Gasteiger partial charge is 0.280 e. The van der Waals surface area contributed by atoms with Crippen molar-refractivity contribution in [2.75, 3.05) is 23.5 Å². The molecule has 0 unspecified atom stereocenters. The molecule has 1 aliphatic rings. The number of carbonyl (C=O) groups excluding carboxylic acids is 2. The molecule has 0 atom stereocenters. The highest BCUT2D eigenvalue weighted by Gasteiger charge is 2.30. The molecule has 0 saturated heterocycles. The van der Waals surface area contributed by atoms with E-state index in [9.17, 15) is 9.59 Å². The third-order valence-corrected chi connectivity index (χ3v) is 6.44. The van der Waals surface area contributed by atoms with Crippen molar-refractivity contribution in [3.63, 3.8) is 0 Å². The minimum Gasteiger partial charge on any atom is -0.490 e. The van der Waals surface area contributed by atoms with Gasteiger partial charge in [0.2, 0.25) is 0 Å². The van der Waals surface area contributed by atoms with Gasteiger partial charge < -0.3 is 14.8 Å². The summed E-state index contributed by atoms with van der Waals surface area (Å²) in [6.07, 6.45) is 3.36. The molecule has 0 spiro atoms. The standard InChI is InChI=1S/C30H30BrN3O4/c1-4-11-26-23(30(36)34(33-26)22-13-7-6-8-14-22)16-21-17-24(31)29(27(18-21)37-5-2)38-19-28(35)32-25-15-10-9-12-20(25)3/h6-10,12-18H,4-5,11,19H2,1-3H3,(H,32,35)/b23-16+. The minimum absolute atomic E-state index is 0.179. The van der Waals surface area contributed by atoms with Crippen LogP contribution in [0.5, 0.6) is 11.5 Å². The van der Waals surface area contributed by atoms with Crippen molar-refractivity contribution in [2.24, 2.45) is 5.10 Å². The van der Waals surface area contributed by atoms with Crippen LogP contribution in [0.25, 0.3) is 6.08 Å². The van der Waals surface area contributed by atoms with Crippen LogP contribution < -0.4 is 19.8 Å². The molecule has 0 saturated carbocycles. The van der Waals surface area contributed by atoms with Crippen LogP contribution in [0.3, 0.4) is 0 Å². The summed E-state index contributed by atoms with van der Waals surface area (Å²) in [4.78, 5) is 25.9. The van der Waals surface area contributed by atoms with E-state index in [1.165, 1.54) is 5.01 Å². The predicted octanol–water partition coefficient (Wildman–Crippen LogP) is 6.76. The Labute approximate surface area is 231 Å². The number of hydrazone groups is 1. The Hall–Kier alpha value is -3.91. The van der Waals surface area contributed by atoms with Gasteiger partial charge in [-0.05, 0) is 83.7 Å². The van der Waals surface area contributed by atoms with Gasteiger partial charge in [0.05, 0.1) is 28.1 Å². The van der Waals surface area contributed by atoms with Crippen LogP contribution in [-0.2, 0) is 9.59 Å². The number of benzene rings is 3. The number of aryl methyl sites for hydroxylation is 1. The fourth-order valence-electron chi connectivity index (χ4n) is 4.05. The van der Waals surface area contributed by atoms with E-state index in [-0.39, 0.29) is 18.4 Å². The fourth-order valence-corrected chi connectivity index (χ4v) is 4.62. The SMILES string of the molecule is CCCC1=NN(c2ccccc2)C(=O)/C1=C/c1cc(Br)c(OCC(=O)Nc2ccccc2C)c(OCC)c1. The van der Waals surface area contributed by atoms with Crippen LogP contribution in [0.15, 0.2) is 81.9 Å². The number of hydrogen-bond donors (Lipinski definition) is 1. The van der Waals surface area contributed by atoms with Crippen molar-refractivity contribution in [1.29, 1.82) is 0 Å². The Morgan fingerprint density at radius 1 is 1.05 bits per heavy atom. The van der Waals surface area contributed by atoms with Gasteiger partial charge in [-0.3, -0.25) is 9.59 Å². The molecule has 3 aromatic carbocycles. The van der Waals surface area contributed by atoms with E-state index in [0.29, 0.717) is 34.6 Å². The number of nitrogens with one attached hydrogen (secondary N) is 1. The summed E-state index contributed by atoms with van der Waals surface area (Å²) >= 11 is 3.56. The molecule has 4 rings (SSSR count). The number of rotatable bonds is 10. The summed E-state index contributed by atoms with van der Waals surface area (Å²) in [6.45, 7) is 6.07. The highest BCUT2D eigenvalue weighted by Crippen LogP contribution is 2.38. The molecule has 1 aliphatic heterocycles. The zero-order chi connectivity index (χ0) is 27.1. The molecule has 0 aromatic heterocycles. The van der Waals surface area contributed by atoms with Crippen molar-refractivity contribution in [1.82, 2.24) is 0 Å². The van der Waals surface area contributed by atoms with Gasteiger partial charge in [-0.1, -0.05) is 49.7 Å². The van der Waals surface area contributed by atoms with Gasteiger partial charge >= 0.3 is 0 Å². The molecule has 0 bridgehead atoms. The first-order chi connectivity index (χ1) is 18.4. The normalized spacial score (nSPS) is 14.0. The van der Waals surface area contributed by atoms with Crippen molar-refractivity contribution >= 4 is 50.9 Å². The summed E-state index contributed by atoms with van der Waals surface area (Å²) in [6, 6.07) is 20.6. The number of para-hydroxylation sites is 2. The molecule has 0 aliphatic carbocycles. The van der Waals surface area contributed by atoms with E-state index in [1.54, 1.807) is 6.07 Å². The Morgan fingerprint density at radius 3 is 2.50 bits per heavy atom. The molecule has 1 heterocycles. The third kappa shape index (κ3) is 6.31. The van der Waals surface area contributed by atoms with Crippen LogP contribution in [-0.4, -0.2) is 30.7 Å². The van der Waals surface area contributed by atoms with Gasteiger partial charge in [-0.15, -0.1) is 0 Å². The molecule has 2 amide bonds. The summed E-state index contributed by atoms with van der Waals surface area (Å²) in [5.41, 5.74) is 4.45. The maximum absolute atomic E-state index is 13.3. The number of carbonyl (C=O) groups is 2. The Kier molecular flexibility index (Phi) is 8.97. The van der Waals surface area contributed by atoms with Crippen molar-refractivity contribution < 1.29 is 19.1 Å². The number of nitrogens with zero attached hydrogens (tertiary/aromatic N) is 2. The highest BCUT2D eigenvalue weighted by atomic mass is 79.9. The van der Waals surface area contributed by atoms with Gasteiger partial charge in [0.25, 0.3) is 11.8 Å². The second-order valence-electron chi connectivity index (χ2n) is 8.72. The average Bonchev–Trinajstić information content (AvgIpc) is 3.20. The second-order valence-corrected chi connectivity index (χ2v) is 9.58. The summed E-state index contributed by atoms with van der Waals surface area (Å²) in [7, 11) is 0. The van der Waals surface area contributed by atoms with E-state index < -0.39 is 0 Å². The molecule has 3 aromatic rings. The molecule has 0 radical (unpaired) electrons. The summed E-state index contributed by atoms with van der Waals surface area (Å²) in [5.74, 6) is 0.427. The van der Waals surface area contributed by atoms with Crippen LogP contribution in [0.2, 0.25) is 0 Å². The van der Waals surface area contributed by atoms with Gasteiger partial charge in [0.1, 0.15) is 0 Å². The zero-order valence-electron chi connectivity index (χ0n) is 21.7. The molecule has 38 heavy (non-hydrogen) atoms. The number of ether oxygens (including phenoxy) is 2. The van der Waals surface area contributed by atoms with Crippen molar-refractivity contribution in [2.45, 2.75) is 33.6 Å². The van der Waals surface area contributed by atoms with E-state index >= 15 is 0 Å². The van der Waals surface area contributed by atoms with E-state index in [1.807, 2.05) is 80.6 Å². The minimum atomic E-state index is -0.280. The lowest BCUT2D eigenvalue weighted by atomic mass is 10.0. The molecule has 0 fully saturated rings. The number of amides is 2. The summed E-state index contributed by atoms with van der Waals surface area (Å²) in [5, 5.41) is 8.92. The lowest BCUT2D eigenvalue weighted by Gasteiger charge is -2.15. The van der Waals surface area contributed by atoms with Crippen molar-refractivity contribution in [3.05, 3.63) is 87.9 Å². The largest absolute Gasteiger partial charge is 0.490 e. The van der Waals surface area contributed by atoms with Gasteiger partial charge in [0.15, 0.2) is 18.1 Å². The van der Waals surface area contributed by atoms with Gasteiger partial charge in [-0.25, -0.2) is 0 Å². The molecular formula is C30H30BrN3O4. The number of anilines is 2. The number of hydrogen-bond acceptors (Lipinski definition) is 5. The van der Waals surface area contributed by atoms with Crippen LogP contribution in [0.1, 0.15) is 37.8 Å². The molecular weight excluding hydrogens is 546 g/mol. The third-order valence-electron chi connectivity index (χ3n) is 5.85. The number of halogens is 1. The zero-order valence-corrected chi connectivity index (χ0v) is 23.2. The molecule has 8 heteroatoms. The van der Waals surface area contributed by atoms with Crippen LogP contribution in [0, 0.1) is 6.92 Å². The predicted molar refractivity (Wildman–Crippen MR) is 155 cm³/mol. The molecule has 1 N–H and O–H groups in total. The summed E-state index contributed by atoms with van der Waals surface area (Å²) < 4.78 is 12.3. The van der Waals surface area contributed by atoms with Crippen LogP contribution in [0.4, 0.5) is 11.4 Å². The van der Waals surface area contributed by atoms with Crippen LogP contribution >= 0.6 is 15.9 Å². The van der Waals surface area contributed by atoms with Crippen molar-refractivity contribution in [3.8, 4) is 11.5 Å². The van der Waals surface area contributed by atoms with Gasteiger partial charge in [0, 0.05) is 5.69 Å². The maximum Gasteiger partial charge on any atom is 0.280 e. The lowest BCUT2D eigenvalue weighted by molar-refractivity contribution is -0.118. The van der Waals surface area contributed by atoms with E-state index in [0.717, 1.165) is 34.6 Å².